The van der Waals surface area contributed by atoms with E-state index in [4.69, 9.17) is 28.0 Å². The SMILES string of the molecule is COc1ccc(C(OCC2OC(n3cc(C#CCNC(=O)C(F)(F)F)c(=O)[nH]c3=O)CC2OP(OCCC#N)N(C(C)C)C(C)C)(c2ccccc2)c2ccc(OC)cc2)cc1. The molecule has 4 aromatic rings. The largest absolute Gasteiger partial charge is 0.497 e. The molecule has 5 rings (SSSR count). The van der Waals surface area contributed by atoms with Crippen molar-refractivity contribution in [3.63, 3.8) is 0 Å². The third-order valence-corrected chi connectivity index (χ3v) is 12.0. The number of aromatic nitrogens is 2. The molecule has 62 heavy (non-hydrogen) atoms. The molecule has 2 heterocycles. The number of aromatic amines is 1. The molecule has 4 atom stereocenters. The minimum absolute atomic E-state index is 0.0440. The molecule has 2 N–H and O–H groups in total. The number of carbonyl (C=O) groups is 1. The fraction of sp³-hybridized carbons (Fsp3) is 0.409. The molecule has 1 aromatic heterocycles. The number of hydrogen-bond donors (Lipinski definition) is 2. The summed E-state index contributed by atoms with van der Waals surface area (Å²) in [4.78, 5) is 39.7. The van der Waals surface area contributed by atoms with Crippen LogP contribution in [-0.2, 0) is 28.9 Å². The van der Waals surface area contributed by atoms with Gasteiger partial charge in [0.05, 0.1) is 52.6 Å². The van der Waals surface area contributed by atoms with Crippen LogP contribution in [0.2, 0.25) is 0 Å². The van der Waals surface area contributed by atoms with Crippen LogP contribution in [0.3, 0.4) is 0 Å². The van der Waals surface area contributed by atoms with Crippen LogP contribution in [0.1, 0.15) is 69.0 Å². The van der Waals surface area contributed by atoms with E-state index in [1.165, 1.54) is 0 Å². The minimum Gasteiger partial charge on any atom is -0.497 e. The summed E-state index contributed by atoms with van der Waals surface area (Å²) in [6.45, 7) is 7.24. The van der Waals surface area contributed by atoms with E-state index in [2.05, 4.69) is 27.6 Å². The molecule has 1 saturated heterocycles. The Bertz CT molecular complexity index is 2270. The molecule has 1 aliphatic heterocycles. The lowest BCUT2D eigenvalue weighted by Crippen LogP contribution is -2.39. The normalized spacial score (nSPS) is 17.0. The molecule has 0 bridgehead atoms. The molecule has 330 valence electrons. The number of amides is 1. The van der Waals surface area contributed by atoms with Crippen LogP contribution in [0.5, 0.6) is 11.5 Å². The molecular formula is C44H49F3N5O9P. The second kappa shape index (κ2) is 21.5. The highest BCUT2D eigenvalue weighted by atomic mass is 31.2. The summed E-state index contributed by atoms with van der Waals surface area (Å²) in [5.74, 6) is 3.83. The maximum Gasteiger partial charge on any atom is 0.471 e. The van der Waals surface area contributed by atoms with Gasteiger partial charge in [0, 0.05) is 24.7 Å². The first kappa shape index (κ1) is 47.5. The molecule has 0 radical (unpaired) electrons. The van der Waals surface area contributed by atoms with E-state index in [1.54, 1.807) is 19.5 Å². The van der Waals surface area contributed by atoms with Gasteiger partial charge >= 0.3 is 17.8 Å². The summed E-state index contributed by atoms with van der Waals surface area (Å²) in [6, 6.07) is 26.6. The Labute approximate surface area is 358 Å². The van der Waals surface area contributed by atoms with E-state index >= 15 is 0 Å². The smallest absolute Gasteiger partial charge is 0.471 e. The number of nitriles is 1. The van der Waals surface area contributed by atoms with Gasteiger partial charge in [0.25, 0.3) is 14.1 Å². The molecular weight excluding hydrogens is 830 g/mol. The second-order valence-corrected chi connectivity index (χ2v) is 16.0. The molecule has 0 saturated carbocycles. The fourth-order valence-electron chi connectivity index (χ4n) is 6.98. The number of alkyl halides is 3. The molecule has 1 fully saturated rings. The number of H-pyrrole nitrogens is 1. The summed E-state index contributed by atoms with van der Waals surface area (Å²) < 4.78 is 79.2. The lowest BCUT2D eigenvalue weighted by molar-refractivity contribution is -0.173. The topological polar surface area (TPSA) is 166 Å². The van der Waals surface area contributed by atoms with E-state index in [9.17, 15) is 32.8 Å². The van der Waals surface area contributed by atoms with Gasteiger partial charge < -0.3 is 33.3 Å². The number of ether oxygens (including phenoxy) is 4. The van der Waals surface area contributed by atoms with Crippen molar-refractivity contribution < 1.29 is 46.0 Å². The van der Waals surface area contributed by atoms with Crippen molar-refractivity contribution in [2.75, 3.05) is 34.0 Å². The van der Waals surface area contributed by atoms with Crippen molar-refractivity contribution in [1.82, 2.24) is 19.5 Å². The number of methoxy groups -OCH3 is 2. The highest BCUT2D eigenvalue weighted by molar-refractivity contribution is 7.44. The predicted octanol–water partition coefficient (Wildman–Crippen LogP) is 6.54. The molecule has 0 spiro atoms. The number of benzene rings is 3. The zero-order chi connectivity index (χ0) is 45.0. The van der Waals surface area contributed by atoms with Crippen LogP contribution < -0.4 is 26.0 Å². The standard InChI is InChI=1S/C44H49F3N5O9P/c1-29(2)52(30(3)4)62(59-25-11-23-48)61-37-26-39(51-27-31(40(53)50-42(51)55)12-10-24-49-41(54)44(45,46)47)60-38(37)28-58-43(32-13-8-7-9-14-32,33-15-19-35(56-5)20-16-33)34-17-21-36(57-6)22-18-34/h7-9,13-22,27,29-30,37-39H,11,24-26,28H2,1-6H3,(H,49,54)(H,50,53,55). The van der Waals surface area contributed by atoms with E-state index in [1.807, 2.05) is 107 Å². The Balaban J connectivity index is 1.59. The molecule has 4 unspecified atom stereocenters. The number of rotatable bonds is 18. The second-order valence-electron chi connectivity index (χ2n) is 14.6. The first-order valence-corrected chi connectivity index (χ1v) is 20.8. The summed E-state index contributed by atoms with van der Waals surface area (Å²) in [6.07, 6.45) is -6.58. The van der Waals surface area contributed by atoms with Gasteiger partial charge in [-0.3, -0.25) is 19.1 Å². The summed E-state index contributed by atoms with van der Waals surface area (Å²) in [5.41, 5.74) is -0.978. The van der Waals surface area contributed by atoms with Crippen molar-refractivity contribution in [3.05, 3.63) is 128 Å². The Morgan fingerprint density at radius 1 is 0.952 bits per heavy atom. The van der Waals surface area contributed by atoms with Crippen LogP contribution in [0.25, 0.3) is 0 Å². The first-order chi connectivity index (χ1) is 29.6. The van der Waals surface area contributed by atoms with E-state index in [-0.39, 0.29) is 43.7 Å². The minimum atomic E-state index is -5.11. The maximum absolute atomic E-state index is 13.4. The average Bonchev–Trinajstić information content (AvgIpc) is 3.65. The molecule has 1 aliphatic rings. The summed E-state index contributed by atoms with van der Waals surface area (Å²) in [7, 11) is 1.33. The van der Waals surface area contributed by atoms with Crippen LogP contribution >= 0.6 is 8.53 Å². The van der Waals surface area contributed by atoms with E-state index in [0.29, 0.717) is 11.5 Å². The van der Waals surface area contributed by atoms with Gasteiger partial charge in [-0.2, -0.15) is 18.4 Å². The Kier molecular flexibility index (Phi) is 16.5. The third kappa shape index (κ3) is 11.5. The quantitative estimate of drug-likeness (QED) is 0.0483. The van der Waals surface area contributed by atoms with Gasteiger partial charge in [0.1, 0.15) is 35.0 Å². The van der Waals surface area contributed by atoms with Gasteiger partial charge in [-0.25, -0.2) is 9.46 Å². The lowest BCUT2D eigenvalue weighted by Gasteiger charge is -2.39. The van der Waals surface area contributed by atoms with Gasteiger partial charge in [0.15, 0.2) is 0 Å². The average molecular weight is 880 g/mol. The van der Waals surface area contributed by atoms with Crippen molar-refractivity contribution in [3.8, 4) is 29.4 Å². The molecule has 18 heteroatoms. The van der Waals surface area contributed by atoms with Crippen LogP contribution in [-0.4, -0.2) is 84.6 Å². The summed E-state index contributed by atoms with van der Waals surface area (Å²) in [5, 5.41) is 11.0. The fourth-order valence-corrected chi connectivity index (χ4v) is 8.73. The molecule has 1 amide bonds. The number of halogens is 3. The van der Waals surface area contributed by atoms with Crippen LogP contribution in [0.15, 0.2) is 94.6 Å². The monoisotopic (exact) mass is 879 g/mol. The Morgan fingerprint density at radius 2 is 1.53 bits per heavy atom. The van der Waals surface area contributed by atoms with Gasteiger partial charge in [-0.15, -0.1) is 0 Å². The van der Waals surface area contributed by atoms with Crippen LogP contribution in [0.4, 0.5) is 13.2 Å². The third-order valence-electron chi connectivity index (χ3n) is 9.80. The van der Waals surface area contributed by atoms with Gasteiger partial charge in [-0.1, -0.05) is 66.4 Å². The highest BCUT2D eigenvalue weighted by Crippen LogP contribution is 2.50. The Morgan fingerprint density at radius 3 is 2.06 bits per heavy atom. The Hall–Kier alpha value is -5.52. The van der Waals surface area contributed by atoms with Crippen molar-refractivity contribution in [2.24, 2.45) is 0 Å². The first-order valence-electron chi connectivity index (χ1n) is 19.7. The number of nitrogens with one attached hydrogen (secondary N) is 2. The van der Waals surface area contributed by atoms with E-state index in [0.717, 1.165) is 27.5 Å². The lowest BCUT2D eigenvalue weighted by atomic mass is 9.80. The van der Waals surface area contributed by atoms with Crippen molar-refractivity contribution in [1.29, 1.82) is 5.26 Å². The van der Waals surface area contributed by atoms with Crippen LogP contribution in [0, 0.1) is 23.2 Å². The molecule has 3 aromatic carbocycles. The predicted molar refractivity (Wildman–Crippen MR) is 224 cm³/mol. The molecule has 14 nitrogen and oxygen atoms in total. The maximum atomic E-state index is 13.4. The highest BCUT2D eigenvalue weighted by Gasteiger charge is 2.45. The number of carbonyl (C=O) groups excluding carboxylic acids is 1. The zero-order valence-corrected chi connectivity index (χ0v) is 36.0. The van der Waals surface area contributed by atoms with Crippen molar-refractivity contribution in [2.45, 2.75) is 82.8 Å². The number of hydrogen-bond acceptors (Lipinski definition) is 11. The van der Waals surface area contributed by atoms with E-state index < -0.39 is 62.4 Å². The van der Waals surface area contributed by atoms with Crippen molar-refractivity contribution >= 4 is 14.4 Å². The van der Waals surface area contributed by atoms with Gasteiger partial charge in [0.2, 0.25) is 0 Å². The number of nitrogens with zero attached hydrogens (tertiary/aromatic N) is 3. The van der Waals surface area contributed by atoms with Gasteiger partial charge in [-0.05, 0) is 68.7 Å². The molecule has 0 aliphatic carbocycles. The summed E-state index contributed by atoms with van der Waals surface area (Å²) >= 11 is 0. The zero-order valence-electron chi connectivity index (χ0n) is 35.1.